The lowest BCUT2D eigenvalue weighted by Gasteiger charge is -2.32. The van der Waals surface area contributed by atoms with Crippen LogP contribution < -0.4 is 13.9 Å². The van der Waals surface area contributed by atoms with Gasteiger partial charge in [0.1, 0.15) is 18.9 Å². The molecule has 0 aliphatic rings. The maximum Gasteiger partial charge on any atom is 0.326 e. The zero-order chi connectivity index (χ0) is 30.9. The maximum atomic E-state index is 14.0. The summed E-state index contributed by atoms with van der Waals surface area (Å²) in [6.07, 6.45) is 5.75. The predicted octanol–water partition coefficient (Wildman–Crippen LogP) is 4.28. The molecule has 0 aliphatic heterocycles. The van der Waals surface area contributed by atoms with Crippen LogP contribution in [-0.4, -0.2) is 74.0 Å². The van der Waals surface area contributed by atoms with Gasteiger partial charge in [-0.2, -0.15) is 0 Å². The molecular weight excluding hydrogens is 584 g/mol. The van der Waals surface area contributed by atoms with E-state index in [2.05, 4.69) is 5.92 Å². The number of sulfonamides is 1. The van der Waals surface area contributed by atoms with Gasteiger partial charge in [-0.1, -0.05) is 41.8 Å². The molecule has 0 radical (unpaired) electrons. The second-order valence-corrected chi connectivity index (χ2v) is 11.4. The average Bonchev–Trinajstić information content (AvgIpc) is 2.98. The van der Waals surface area contributed by atoms with Crippen molar-refractivity contribution < 1.29 is 37.0 Å². The number of carbonyl (C=O) groups is 2. The summed E-state index contributed by atoms with van der Waals surface area (Å²) in [5, 5.41) is 1.27. The first-order valence-corrected chi connectivity index (χ1v) is 14.7. The van der Waals surface area contributed by atoms with Crippen LogP contribution in [0.3, 0.4) is 0 Å². The monoisotopic (exact) mass is 616 g/mol. The van der Waals surface area contributed by atoms with Crippen molar-refractivity contribution in [2.24, 2.45) is 0 Å². The van der Waals surface area contributed by atoms with E-state index in [-0.39, 0.29) is 47.0 Å². The van der Waals surface area contributed by atoms with Crippen LogP contribution in [0.2, 0.25) is 5.02 Å². The number of ether oxygens (including phenoxy) is 4. The third kappa shape index (κ3) is 7.45. The minimum absolute atomic E-state index is 0.0786. The molecule has 0 bridgehead atoms. The number of rotatable bonds is 14. The molecule has 42 heavy (non-hydrogen) atoms. The second kappa shape index (κ2) is 14.8. The Balaban J connectivity index is 2.16. The highest BCUT2D eigenvalue weighted by Crippen LogP contribution is 2.38. The molecule has 0 aromatic heterocycles. The third-order valence-corrected chi connectivity index (χ3v) is 8.53. The molecule has 1 atom stereocenters. The summed E-state index contributed by atoms with van der Waals surface area (Å²) in [7, 11) is -0.309. The Bertz CT molecular complexity index is 1570. The molecule has 0 saturated heterocycles. The highest BCUT2D eigenvalue weighted by Gasteiger charge is 2.31. The number of hydrogen-bond acceptors (Lipinski definition) is 9. The summed E-state index contributed by atoms with van der Waals surface area (Å²) in [5.74, 6) is 1.75. The Morgan fingerprint density at radius 1 is 0.952 bits per heavy atom. The Kier molecular flexibility index (Phi) is 11.4. The fraction of sp³-hybridized carbons (Fsp3) is 0.333. The maximum absolute atomic E-state index is 14.0. The van der Waals surface area contributed by atoms with E-state index in [0.717, 1.165) is 4.31 Å². The van der Waals surface area contributed by atoms with Gasteiger partial charge in [0.15, 0.2) is 0 Å². The van der Waals surface area contributed by atoms with Crippen LogP contribution in [0.5, 0.6) is 5.75 Å². The highest BCUT2D eigenvalue weighted by molar-refractivity contribution is 7.92. The zero-order valence-corrected chi connectivity index (χ0v) is 25.4. The summed E-state index contributed by atoms with van der Waals surface area (Å²) in [6, 6.07) is 14.2. The molecule has 10 nitrogen and oxygen atoms in total. The van der Waals surface area contributed by atoms with Gasteiger partial charge in [0, 0.05) is 29.6 Å². The van der Waals surface area contributed by atoms with E-state index < -0.39 is 28.5 Å². The molecule has 3 rings (SSSR count). The fourth-order valence-electron chi connectivity index (χ4n) is 4.35. The van der Waals surface area contributed by atoms with Crippen molar-refractivity contribution in [2.45, 2.75) is 24.3 Å². The lowest BCUT2D eigenvalue weighted by Crippen LogP contribution is -2.37. The third-order valence-electron chi connectivity index (χ3n) is 6.48. The zero-order valence-electron chi connectivity index (χ0n) is 23.8. The summed E-state index contributed by atoms with van der Waals surface area (Å²) in [4.78, 5) is 26.2. The van der Waals surface area contributed by atoms with Gasteiger partial charge in [-0.15, -0.1) is 6.42 Å². The van der Waals surface area contributed by atoms with Crippen LogP contribution in [-0.2, 0) is 33.8 Å². The summed E-state index contributed by atoms with van der Waals surface area (Å²) in [5.41, 5.74) is 0.914. The molecule has 0 fully saturated rings. The fourth-order valence-corrected chi connectivity index (χ4v) is 6.10. The molecule has 0 heterocycles. The molecular formula is C30H33ClN2O8S. The number of halogens is 1. The first-order chi connectivity index (χ1) is 20.1. The van der Waals surface area contributed by atoms with E-state index >= 15 is 0 Å². The SMILES string of the molecule is C#CCN(c1ccc(N(CC(=O)OC)S(=O)(=O)c2ccc(OCCOC)c(Cl)c2)c2ccccc12)[C@@H](C)CC(=O)OC. The van der Waals surface area contributed by atoms with Crippen molar-refractivity contribution in [1.82, 2.24) is 0 Å². The minimum Gasteiger partial charge on any atom is -0.490 e. The Morgan fingerprint density at radius 3 is 2.19 bits per heavy atom. The molecule has 0 amide bonds. The van der Waals surface area contributed by atoms with E-state index in [4.69, 9.17) is 37.0 Å². The van der Waals surface area contributed by atoms with Gasteiger partial charge in [-0.3, -0.25) is 13.9 Å². The van der Waals surface area contributed by atoms with Crippen LogP contribution in [0.15, 0.2) is 59.5 Å². The number of terminal acetylenes is 1. The Hall–Kier alpha value is -3.98. The van der Waals surface area contributed by atoms with Crippen LogP contribution in [0.25, 0.3) is 10.8 Å². The average molecular weight is 617 g/mol. The topological polar surface area (TPSA) is 112 Å². The number of nitrogens with zero attached hydrogens (tertiary/aromatic N) is 2. The van der Waals surface area contributed by atoms with Gasteiger partial charge in [0.2, 0.25) is 0 Å². The van der Waals surface area contributed by atoms with Gasteiger partial charge in [-0.25, -0.2) is 8.42 Å². The molecule has 0 N–H and O–H groups in total. The molecule has 0 aliphatic carbocycles. The predicted molar refractivity (Wildman–Crippen MR) is 162 cm³/mol. The molecule has 0 saturated carbocycles. The first kappa shape index (κ1) is 32.5. The van der Waals surface area contributed by atoms with Gasteiger partial charge in [0.25, 0.3) is 10.0 Å². The number of carbonyl (C=O) groups excluding carboxylic acids is 2. The summed E-state index contributed by atoms with van der Waals surface area (Å²) >= 11 is 6.36. The number of anilines is 2. The van der Waals surface area contributed by atoms with E-state index in [1.165, 1.54) is 39.5 Å². The number of fused-ring (bicyclic) bond motifs is 1. The summed E-state index contributed by atoms with van der Waals surface area (Å²) < 4.78 is 49.3. The number of esters is 2. The van der Waals surface area contributed by atoms with Gasteiger partial charge < -0.3 is 23.8 Å². The highest BCUT2D eigenvalue weighted by atomic mass is 35.5. The van der Waals surface area contributed by atoms with Crippen molar-refractivity contribution in [1.29, 1.82) is 0 Å². The Morgan fingerprint density at radius 2 is 1.60 bits per heavy atom. The van der Waals surface area contributed by atoms with Gasteiger partial charge >= 0.3 is 11.9 Å². The van der Waals surface area contributed by atoms with E-state index in [0.29, 0.717) is 23.1 Å². The first-order valence-electron chi connectivity index (χ1n) is 12.9. The molecule has 3 aromatic carbocycles. The minimum atomic E-state index is -4.33. The van der Waals surface area contributed by atoms with Crippen molar-refractivity contribution in [3.05, 3.63) is 59.6 Å². The second-order valence-electron chi connectivity index (χ2n) is 9.13. The normalized spacial score (nSPS) is 11.8. The smallest absolute Gasteiger partial charge is 0.326 e. The van der Waals surface area contributed by atoms with Crippen LogP contribution in [0.4, 0.5) is 11.4 Å². The van der Waals surface area contributed by atoms with E-state index in [9.17, 15) is 18.0 Å². The van der Waals surface area contributed by atoms with Crippen molar-refractivity contribution in [2.75, 3.05) is 56.8 Å². The number of methoxy groups -OCH3 is 3. The quantitative estimate of drug-likeness (QED) is 0.149. The standard InChI is InChI=1S/C30H33ClN2O8S/c1-6-15-32(21(2)18-29(34)39-4)26-12-13-27(24-10-8-7-9-23(24)26)33(20-30(35)40-5)42(36,37)22-11-14-28(25(31)19-22)41-17-16-38-3/h1,7-14,19,21H,15-18,20H2,2-5H3/t21-/m0/s1. The number of hydrogen-bond donors (Lipinski definition) is 0. The lowest BCUT2D eigenvalue weighted by atomic mass is 10.0. The van der Waals surface area contributed by atoms with Crippen molar-refractivity contribution >= 4 is 55.7 Å². The van der Waals surface area contributed by atoms with E-state index in [1.54, 1.807) is 30.3 Å². The molecule has 224 valence electrons. The number of benzene rings is 3. The van der Waals surface area contributed by atoms with Crippen LogP contribution in [0, 0.1) is 12.3 Å². The van der Waals surface area contributed by atoms with Crippen LogP contribution >= 0.6 is 11.6 Å². The molecule has 0 unspecified atom stereocenters. The van der Waals surface area contributed by atoms with E-state index in [1.807, 2.05) is 17.9 Å². The van der Waals surface area contributed by atoms with Crippen molar-refractivity contribution in [3.63, 3.8) is 0 Å². The lowest BCUT2D eigenvalue weighted by molar-refractivity contribution is -0.141. The molecule has 0 spiro atoms. The molecule has 12 heteroatoms. The van der Waals surface area contributed by atoms with Gasteiger partial charge in [0.05, 0.1) is 49.4 Å². The molecule has 3 aromatic rings. The van der Waals surface area contributed by atoms with Crippen molar-refractivity contribution in [3.8, 4) is 18.1 Å². The summed E-state index contributed by atoms with van der Waals surface area (Å²) in [6.45, 7) is 1.98. The van der Waals surface area contributed by atoms with Gasteiger partial charge in [-0.05, 0) is 37.3 Å². The van der Waals surface area contributed by atoms with Crippen LogP contribution in [0.1, 0.15) is 13.3 Å². The Labute approximate surface area is 251 Å². The largest absolute Gasteiger partial charge is 0.490 e.